The normalized spacial score (nSPS) is 22.3. The zero-order valence-electron chi connectivity index (χ0n) is 10.7. The number of aromatic nitrogens is 1. The zero-order valence-corrected chi connectivity index (χ0v) is 10.7. The summed E-state index contributed by atoms with van der Waals surface area (Å²) in [6, 6.07) is 1.55. The summed E-state index contributed by atoms with van der Waals surface area (Å²) in [6.45, 7) is 4.43. The van der Waals surface area contributed by atoms with Gasteiger partial charge in [0, 0.05) is 30.6 Å². The van der Waals surface area contributed by atoms with Crippen molar-refractivity contribution >= 4 is 5.91 Å². The summed E-state index contributed by atoms with van der Waals surface area (Å²) in [5, 5.41) is 2.84. The van der Waals surface area contributed by atoms with Gasteiger partial charge in [0.2, 0.25) is 0 Å². The van der Waals surface area contributed by atoms with Gasteiger partial charge in [0.1, 0.15) is 5.56 Å². The monoisotopic (exact) mass is 250 g/mol. The van der Waals surface area contributed by atoms with Crippen LogP contribution in [0.2, 0.25) is 0 Å². The molecule has 5 heteroatoms. The van der Waals surface area contributed by atoms with Crippen LogP contribution in [0.15, 0.2) is 17.1 Å². The second-order valence-corrected chi connectivity index (χ2v) is 4.61. The summed E-state index contributed by atoms with van der Waals surface area (Å²) in [5.74, 6) is -0.309. The lowest BCUT2D eigenvalue weighted by atomic mass is 9.89. The Morgan fingerprint density at radius 2 is 2.28 bits per heavy atom. The van der Waals surface area contributed by atoms with Gasteiger partial charge < -0.3 is 15.0 Å². The average Bonchev–Trinajstić information content (AvgIpc) is 2.26. The van der Waals surface area contributed by atoms with Crippen molar-refractivity contribution < 1.29 is 9.53 Å². The van der Waals surface area contributed by atoms with Crippen molar-refractivity contribution in [1.29, 1.82) is 0 Å². The highest BCUT2D eigenvalue weighted by molar-refractivity contribution is 5.94. The molecule has 5 nitrogen and oxygen atoms in total. The largest absolute Gasteiger partial charge is 0.378 e. The summed E-state index contributed by atoms with van der Waals surface area (Å²) in [4.78, 5) is 26.4. The molecule has 0 saturated heterocycles. The topological polar surface area (TPSA) is 71.2 Å². The maximum Gasteiger partial charge on any atom is 0.256 e. The highest BCUT2D eigenvalue weighted by Crippen LogP contribution is 2.23. The fourth-order valence-corrected chi connectivity index (χ4v) is 2.07. The lowest BCUT2D eigenvalue weighted by Crippen LogP contribution is -2.48. The van der Waals surface area contributed by atoms with Gasteiger partial charge in [-0.3, -0.25) is 9.59 Å². The number of nitrogens with one attached hydrogen (secondary N) is 2. The molecule has 1 heterocycles. The zero-order chi connectivity index (χ0) is 13.1. The minimum absolute atomic E-state index is 0.120. The first-order valence-corrected chi connectivity index (χ1v) is 6.22. The van der Waals surface area contributed by atoms with E-state index >= 15 is 0 Å². The van der Waals surface area contributed by atoms with Crippen LogP contribution in [-0.4, -0.2) is 29.6 Å². The van der Waals surface area contributed by atoms with E-state index in [0.717, 1.165) is 18.5 Å². The molecule has 98 valence electrons. The van der Waals surface area contributed by atoms with Crippen LogP contribution in [0.3, 0.4) is 0 Å². The van der Waals surface area contributed by atoms with E-state index in [0.29, 0.717) is 6.61 Å². The fourth-order valence-electron chi connectivity index (χ4n) is 2.07. The third-order valence-electron chi connectivity index (χ3n) is 3.13. The standard InChI is InChI=1S/C13H18N2O3/c1-3-18-10-5-9(6-10)15-13(17)11-7-14-8(2)4-12(11)16/h4,7,9-10H,3,5-6H2,1-2H3,(H,14,16)(H,15,17). The van der Waals surface area contributed by atoms with E-state index in [2.05, 4.69) is 10.3 Å². The van der Waals surface area contributed by atoms with Gasteiger partial charge in [0.15, 0.2) is 5.43 Å². The molecule has 2 N–H and O–H groups in total. The molecule has 1 aliphatic rings. The number of hydrogen-bond donors (Lipinski definition) is 2. The highest BCUT2D eigenvalue weighted by atomic mass is 16.5. The molecule has 1 fully saturated rings. The molecule has 0 bridgehead atoms. The Kier molecular flexibility index (Phi) is 3.81. The number of aryl methyl sites for hydroxylation is 1. The number of hydrogen-bond acceptors (Lipinski definition) is 3. The van der Waals surface area contributed by atoms with Gasteiger partial charge in [-0.2, -0.15) is 0 Å². The maximum atomic E-state index is 11.9. The Morgan fingerprint density at radius 3 is 2.89 bits per heavy atom. The first-order valence-electron chi connectivity index (χ1n) is 6.22. The molecule has 0 radical (unpaired) electrons. The quantitative estimate of drug-likeness (QED) is 0.836. The lowest BCUT2D eigenvalue weighted by Gasteiger charge is -2.35. The molecule has 2 rings (SSSR count). The van der Waals surface area contributed by atoms with Crippen LogP contribution >= 0.6 is 0 Å². The Balaban J connectivity index is 1.91. The van der Waals surface area contributed by atoms with E-state index in [1.165, 1.54) is 12.3 Å². The Morgan fingerprint density at radius 1 is 1.56 bits per heavy atom. The van der Waals surface area contributed by atoms with Crippen molar-refractivity contribution in [2.45, 2.75) is 38.8 Å². The third-order valence-corrected chi connectivity index (χ3v) is 3.13. The summed E-state index contributed by atoms with van der Waals surface area (Å²) >= 11 is 0. The van der Waals surface area contributed by atoms with Crippen molar-refractivity contribution in [1.82, 2.24) is 10.3 Å². The highest BCUT2D eigenvalue weighted by Gasteiger charge is 2.31. The van der Waals surface area contributed by atoms with Gasteiger partial charge in [-0.1, -0.05) is 0 Å². The predicted molar refractivity (Wildman–Crippen MR) is 67.7 cm³/mol. The van der Waals surface area contributed by atoms with E-state index < -0.39 is 0 Å². The van der Waals surface area contributed by atoms with Crippen LogP contribution in [0.4, 0.5) is 0 Å². The summed E-state index contributed by atoms with van der Waals surface area (Å²) in [7, 11) is 0. The SMILES string of the molecule is CCOC1CC(NC(=O)c2c[nH]c(C)cc2=O)C1. The number of pyridine rings is 1. The molecule has 1 aliphatic carbocycles. The van der Waals surface area contributed by atoms with Crippen molar-refractivity contribution in [2.75, 3.05) is 6.61 Å². The third kappa shape index (κ3) is 2.79. The Labute approximate surface area is 106 Å². The second kappa shape index (κ2) is 5.35. The van der Waals surface area contributed by atoms with Crippen molar-refractivity contribution in [3.8, 4) is 0 Å². The first kappa shape index (κ1) is 12.8. The van der Waals surface area contributed by atoms with Gasteiger partial charge in [-0.15, -0.1) is 0 Å². The number of ether oxygens (including phenoxy) is 1. The molecule has 0 unspecified atom stereocenters. The number of rotatable bonds is 4. The minimum Gasteiger partial charge on any atom is -0.378 e. The molecule has 0 aliphatic heterocycles. The fraction of sp³-hybridized carbons (Fsp3) is 0.538. The van der Waals surface area contributed by atoms with Crippen LogP contribution in [0.1, 0.15) is 35.8 Å². The van der Waals surface area contributed by atoms with E-state index in [-0.39, 0.29) is 29.0 Å². The Hall–Kier alpha value is -1.62. The van der Waals surface area contributed by atoms with Crippen molar-refractivity contribution in [3.63, 3.8) is 0 Å². The maximum absolute atomic E-state index is 11.9. The molecule has 0 atom stereocenters. The second-order valence-electron chi connectivity index (χ2n) is 4.61. The smallest absolute Gasteiger partial charge is 0.256 e. The molecule has 0 spiro atoms. The molecule has 18 heavy (non-hydrogen) atoms. The van der Waals surface area contributed by atoms with Crippen LogP contribution in [-0.2, 0) is 4.74 Å². The molecule has 1 saturated carbocycles. The van der Waals surface area contributed by atoms with Crippen molar-refractivity contribution in [2.24, 2.45) is 0 Å². The number of carbonyl (C=O) groups is 1. The number of aromatic amines is 1. The predicted octanol–water partition coefficient (Wildman–Crippen LogP) is 0.981. The van der Waals surface area contributed by atoms with Gasteiger partial charge in [0.25, 0.3) is 5.91 Å². The molecule has 1 amide bonds. The number of amides is 1. The van der Waals surface area contributed by atoms with E-state index in [1.807, 2.05) is 6.92 Å². The van der Waals surface area contributed by atoms with E-state index in [1.54, 1.807) is 6.92 Å². The Bertz CT molecular complexity index is 489. The molecule has 0 aromatic carbocycles. The molecular formula is C13H18N2O3. The molecule has 1 aromatic rings. The first-order chi connectivity index (χ1) is 8.60. The van der Waals surface area contributed by atoms with Crippen LogP contribution < -0.4 is 10.7 Å². The van der Waals surface area contributed by atoms with Crippen molar-refractivity contribution in [3.05, 3.63) is 33.7 Å². The molecule has 1 aromatic heterocycles. The van der Waals surface area contributed by atoms with Gasteiger partial charge in [0.05, 0.1) is 6.10 Å². The average molecular weight is 250 g/mol. The number of H-pyrrole nitrogens is 1. The van der Waals surface area contributed by atoms with E-state index in [4.69, 9.17) is 4.74 Å². The van der Waals surface area contributed by atoms with Crippen LogP contribution in [0, 0.1) is 6.92 Å². The van der Waals surface area contributed by atoms with Gasteiger partial charge in [-0.25, -0.2) is 0 Å². The van der Waals surface area contributed by atoms with Gasteiger partial charge in [-0.05, 0) is 26.7 Å². The van der Waals surface area contributed by atoms with Crippen LogP contribution in [0.25, 0.3) is 0 Å². The summed E-state index contributed by atoms with van der Waals surface area (Å²) in [6.07, 6.45) is 3.36. The van der Waals surface area contributed by atoms with Gasteiger partial charge >= 0.3 is 0 Å². The summed E-state index contributed by atoms with van der Waals surface area (Å²) in [5.41, 5.74) is 0.668. The summed E-state index contributed by atoms with van der Waals surface area (Å²) < 4.78 is 5.42. The van der Waals surface area contributed by atoms with E-state index in [9.17, 15) is 9.59 Å². The van der Waals surface area contributed by atoms with Crippen LogP contribution in [0.5, 0.6) is 0 Å². The lowest BCUT2D eigenvalue weighted by molar-refractivity contribution is -0.00863. The molecular weight excluding hydrogens is 232 g/mol. The number of carbonyl (C=O) groups excluding carboxylic acids is 1. The minimum atomic E-state index is -0.309.